The van der Waals surface area contributed by atoms with E-state index in [1.54, 1.807) is 7.11 Å². The smallest absolute Gasteiger partial charge is 0.269 e. The minimum absolute atomic E-state index is 0.322. The largest absolute Gasteiger partial charge is 0.491 e. The van der Waals surface area contributed by atoms with Crippen molar-refractivity contribution >= 4 is 39.9 Å². The predicted octanol–water partition coefficient (Wildman–Crippen LogP) is 1.33. The Morgan fingerprint density at radius 1 is 1.29 bits per heavy atom. The second-order valence-corrected chi connectivity index (χ2v) is 9.02. The molecule has 2 aromatic rings. The number of methoxy groups -OCH3 is 1. The average Bonchev–Trinajstić information content (AvgIpc) is 3.52. The van der Waals surface area contributed by atoms with Crippen molar-refractivity contribution in [2.24, 2.45) is 9.98 Å². The third-order valence-electron chi connectivity index (χ3n) is 5.81. The van der Waals surface area contributed by atoms with E-state index in [4.69, 9.17) is 24.9 Å². The van der Waals surface area contributed by atoms with Crippen molar-refractivity contribution < 1.29 is 19.0 Å². The number of aliphatic imine (C=N–C) groups is 2. The molecule has 1 fully saturated rings. The van der Waals surface area contributed by atoms with E-state index >= 15 is 0 Å². The third-order valence-corrected chi connectivity index (χ3v) is 6.63. The molecule has 0 bridgehead atoms. The first-order chi connectivity index (χ1) is 16.6. The predicted molar refractivity (Wildman–Crippen MR) is 130 cm³/mol. The van der Waals surface area contributed by atoms with Gasteiger partial charge >= 0.3 is 0 Å². The van der Waals surface area contributed by atoms with E-state index < -0.39 is 0 Å². The van der Waals surface area contributed by atoms with Crippen molar-refractivity contribution in [3.05, 3.63) is 28.8 Å². The Morgan fingerprint density at radius 3 is 2.91 bits per heavy atom. The molecule has 3 aliphatic heterocycles. The summed E-state index contributed by atoms with van der Waals surface area (Å²) in [6.45, 7) is 6.23. The summed E-state index contributed by atoms with van der Waals surface area (Å²) >= 11 is 1.12. The number of aromatic nitrogens is 1. The first-order valence-corrected chi connectivity index (χ1v) is 12.0. The molecule has 3 aliphatic rings. The Balaban J connectivity index is 1.35. The number of anilines is 1. The minimum Gasteiger partial charge on any atom is -0.491 e. The summed E-state index contributed by atoms with van der Waals surface area (Å²) in [6, 6.07) is 3.84. The number of nitrogens with zero attached hydrogens (tertiary/aromatic N) is 5. The highest BCUT2D eigenvalue weighted by atomic mass is 32.1. The molecule has 4 heterocycles. The quantitative estimate of drug-likeness (QED) is 0.563. The summed E-state index contributed by atoms with van der Waals surface area (Å²) in [4.78, 5) is 30.8. The monoisotopic (exact) mass is 485 g/mol. The Labute approximate surface area is 201 Å². The fraction of sp³-hybridized carbons (Fsp3) is 0.455. The Hall–Kier alpha value is -3.22. The third kappa shape index (κ3) is 4.56. The molecule has 5 rings (SSSR count). The van der Waals surface area contributed by atoms with Crippen LogP contribution in [0.5, 0.6) is 11.5 Å². The number of carbonyl (C=O) groups is 1. The second-order valence-electron chi connectivity index (χ2n) is 7.96. The van der Waals surface area contributed by atoms with E-state index in [0.29, 0.717) is 52.9 Å². The lowest BCUT2D eigenvalue weighted by molar-refractivity contribution is 0.0357. The number of amides is 1. The van der Waals surface area contributed by atoms with Crippen LogP contribution in [0.25, 0.3) is 0 Å². The average molecular weight is 486 g/mol. The van der Waals surface area contributed by atoms with Crippen molar-refractivity contribution in [2.75, 3.05) is 65.4 Å². The number of nitrogen functional groups attached to an aromatic ring is 1. The summed E-state index contributed by atoms with van der Waals surface area (Å²) in [5.74, 6) is 1.95. The van der Waals surface area contributed by atoms with E-state index in [1.807, 2.05) is 17.0 Å². The number of thiazole rings is 1. The van der Waals surface area contributed by atoms with Gasteiger partial charge in [0.15, 0.2) is 16.6 Å². The van der Waals surface area contributed by atoms with Crippen molar-refractivity contribution in [1.29, 1.82) is 0 Å². The highest BCUT2D eigenvalue weighted by molar-refractivity contribution is 7.17. The number of amidine groups is 1. The molecule has 12 heteroatoms. The van der Waals surface area contributed by atoms with Crippen molar-refractivity contribution in [1.82, 2.24) is 20.1 Å². The van der Waals surface area contributed by atoms with Crippen molar-refractivity contribution in [2.45, 2.75) is 6.42 Å². The summed E-state index contributed by atoms with van der Waals surface area (Å²) < 4.78 is 17.2. The van der Waals surface area contributed by atoms with Gasteiger partial charge in [-0.25, -0.2) is 9.98 Å². The molecule has 180 valence electrons. The van der Waals surface area contributed by atoms with Crippen LogP contribution in [0.3, 0.4) is 0 Å². The van der Waals surface area contributed by atoms with Crippen LogP contribution in [-0.2, 0) is 4.74 Å². The first-order valence-electron chi connectivity index (χ1n) is 11.2. The molecule has 0 spiro atoms. The second kappa shape index (κ2) is 9.95. The van der Waals surface area contributed by atoms with Gasteiger partial charge in [-0.2, -0.15) is 0 Å². The molecule has 0 unspecified atom stereocenters. The van der Waals surface area contributed by atoms with E-state index in [2.05, 4.69) is 20.2 Å². The van der Waals surface area contributed by atoms with Gasteiger partial charge < -0.3 is 19.9 Å². The molecule has 0 saturated carbocycles. The van der Waals surface area contributed by atoms with E-state index in [1.165, 1.54) is 6.20 Å². The number of hydrogen-bond acceptors (Lipinski definition) is 11. The molecule has 34 heavy (non-hydrogen) atoms. The number of nitrogens with two attached hydrogens (primary N) is 1. The van der Waals surface area contributed by atoms with Crippen LogP contribution in [0, 0.1) is 0 Å². The normalized spacial score (nSPS) is 17.5. The lowest BCUT2D eigenvalue weighted by Crippen LogP contribution is -2.47. The molecule has 1 aromatic carbocycles. The highest BCUT2D eigenvalue weighted by Gasteiger charge is 2.33. The molecule has 1 aromatic heterocycles. The van der Waals surface area contributed by atoms with E-state index in [0.717, 1.165) is 62.0 Å². The van der Waals surface area contributed by atoms with Gasteiger partial charge in [-0.1, -0.05) is 11.3 Å². The topological polar surface area (TPSA) is 127 Å². The van der Waals surface area contributed by atoms with Gasteiger partial charge in [0.25, 0.3) is 5.91 Å². The maximum absolute atomic E-state index is 12.7. The summed E-state index contributed by atoms with van der Waals surface area (Å²) in [5.41, 5.74) is 7.10. The first kappa shape index (κ1) is 22.6. The fourth-order valence-electron chi connectivity index (χ4n) is 4.15. The number of hydrogen-bond donors (Lipinski definition) is 2. The highest BCUT2D eigenvalue weighted by Crippen LogP contribution is 2.43. The number of fused-ring (bicyclic) bond motifs is 3. The number of guanidine groups is 1. The molecular formula is C22H27N7O4S. The minimum atomic E-state index is -0.322. The van der Waals surface area contributed by atoms with Crippen LogP contribution in [0.1, 0.15) is 21.7 Å². The molecule has 0 atom stereocenters. The molecule has 1 amide bonds. The van der Waals surface area contributed by atoms with Crippen LogP contribution in [0.4, 0.5) is 10.8 Å². The van der Waals surface area contributed by atoms with Crippen LogP contribution in [0.2, 0.25) is 0 Å². The summed E-state index contributed by atoms with van der Waals surface area (Å²) in [6.07, 6.45) is 2.35. The zero-order valence-electron chi connectivity index (χ0n) is 19.0. The van der Waals surface area contributed by atoms with Gasteiger partial charge in [0, 0.05) is 31.7 Å². The molecule has 0 aliphatic carbocycles. The van der Waals surface area contributed by atoms with Crippen LogP contribution in [0.15, 0.2) is 28.3 Å². The number of rotatable bonds is 7. The molecule has 0 radical (unpaired) electrons. The van der Waals surface area contributed by atoms with Gasteiger partial charge in [-0.05, 0) is 18.6 Å². The fourth-order valence-corrected chi connectivity index (χ4v) is 4.73. The van der Waals surface area contributed by atoms with E-state index in [9.17, 15) is 4.79 Å². The van der Waals surface area contributed by atoms with Crippen LogP contribution >= 0.6 is 11.3 Å². The van der Waals surface area contributed by atoms with Crippen LogP contribution in [-0.4, -0.2) is 92.1 Å². The Morgan fingerprint density at radius 2 is 2.15 bits per heavy atom. The Bertz CT molecular complexity index is 1130. The SMILES string of the molecule is COc1c(OCCCN2CCOCC2)ccc2c1N=C(NC(=O)c1cnc(N)s1)N1CCN=C21. The van der Waals surface area contributed by atoms with Gasteiger partial charge in [-0.15, -0.1) is 0 Å². The Kier molecular flexibility index (Phi) is 6.61. The number of morpholine rings is 1. The van der Waals surface area contributed by atoms with E-state index in [-0.39, 0.29) is 5.91 Å². The zero-order chi connectivity index (χ0) is 23.5. The lowest BCUT2D eigenvalue weighted by Gasteiger charge is -2.28. The van der Waals surface area contributed by atoms with Gasteiger partial charge in [0.05, 0.1) is 39.7 Å². The standard InChI is InChI=1S/C22H27N7O4S/c1-31-18-15(33-10-2-6-28-8-11-32-12-9-28)4-3-14-17(18)26-22(29-7-5-24-19(14)29)27-20(30)16-13-25-21(23)34-16/h3-4,13H,2,5-12H2,1H3,(H2,23,25)(H,26,27,30). The molecular weight excluding hydrogens is 458 g/mol. The molecule has 1 saturated heterocycles. The van der Waals surface area contributed by atoms with Crippen molar-refractivity contribution in [3.63, 3.8) is 0 Å². The molecule has 3 N–H and O–H groups in total. The summed E-state index contributed by atoms with van der Waals surface area (Å²) in [7, 11) is 1.59. The van der Waals surface area contributed by atoms with Gasteiger partial charge in [-0.3, -0.25) is 24.9 Å². The molecule has 11 nitrogen and oxygen atoms in total. The van der Waals surface area contributed by atoms with Crippen LogP contribution < -0.4 is 20.5 Å². The van der Waals surface area contributed by atoms with Gasteiger partial charge in [0.1, 0.15) is 16.4 Å². The zero-order valence-corrected chi connectivity index (χ0v) is 19.8. The maximum Gasteiger partial charge on any atom is 0.269 e. The number of carbonyl (C=O) groups excluding carboxylic acids is 1. The number of ether oxygens (including phenoxy) is 3. The maximum atomic E-state index is 12.7. The van der Waals surface area contributed by atoms with Gasteiger partial charge in [0.2, 0.25) is 5.96 Å². The number of benzene rings is 1. The van der Waals surface area contributed by atoms with Crippen molar-refractivity contribution in [3.8, 4) is 11.5 Å². The number of nitrogens with one attached hydrogen (secondary N) is 1. The lowest BCUT2D eigenvalue weighted by atomic mass is 10.1. The summed E-state index contributed by atoms with van der Waals surface area (Å²) in [5, 5.41) is 3.21.